The molecule has 5 heterocycles. The Kier molecular flexibility index (Phi) is 6.92. The van der Waals surface area contributed by atoms with Crippen LogP contribution in [0.5, 0.6) is 0 Å². The van der Waals surface area contributed by atoms with Crippen molar-refractivity contribution in [1.82, 2.24) is 24.7 Å². The van der Waals surface area contributed by atoms with Crippen molar-refractivity contribution in [1.29, 1.82) is 0 Å². The van der Waals surface area contributed by atoms with Gasteiger partial charge in [-0.3, -0.25) is 14.6 Å². The minimum atomic E-state index is -0.0359. The molecule has 4 aliphatic rings. The molecule has 1 atom stereocenters. The van der Waals surface area contributed by atoms with Gasteiger partial charge in [-0.25, -0.2) is 9.97 Å². The first-order chi connectivity index (χ1) is 17.1. The zero-order chi connectivity index (χ0) is 24.2. The minimum Gasteiger partial charge on any atom is -0.341 e. The van der Waals surface area contributed by atoms with Crippen LogP contribution in [0.1, 0.15) is 18.4 Å². The number of benzene rings is 1. The van der Waals surface area contributed by atoms with Gasteiger partial charge in [0.15, 0.2) is 0 Å². The summed E-state index contributed by atoms with van der Waals surface area (Å²) in [7, 11) is 0. The van der Waals surface area contributed by atoms with Crippen LogP contribution < -0.4 is 10.6 Å². The molecule has 6 rings (SSSR count). The lowest BCUT2D eigenvalue weighted by molar-refractivity contribution is -0.137. The zero-order valence-electron chi connectivity index (χ0n) is 20.1. The summed E-state index contributed by atoms with van der Waals surface area (Å²) >= 11 is 0. The molecule has 0 spiro atoms. The summed E-state index contributed by atoms with van der Waals surface area (Å²) < 4.78 is 0. The number of rotatable bonds is 1. The molecule has 2 aromatic rings. The highest BCUT2D eigenvalue weighted by Gasteiger charge is 2.34. The van der Waals surface area contributed by atoms with Gasteiger partial charge in [0.2, 0.25) is 5.91 Å². The van der Waals surface area contributed by atoms with Crippen LogP contribution in [0, 0.1) is 0 Å². The molecule has 2 fully saturated rings. The van der Waals surface area contributed by atoms with Gasteiger partial charge in [0.25, 0.3) is 0 Å². The molecule has 8 heteroatoms. The van der Waals surface area contributed by atoms with E-state index >= 15 is 0 Å². The minimum absolute atomic E-state index is 0.0359. The number of aromatic nitrogens is 2. The van der Waals surface area contributed by atoms with Crippen molar-refractivity contribution in [3.05, 3.63) is 78.8 Å². The van der Waals surface area contributed by atoms with E-state index in [1.165, 1.54) is 11.9 Å². The third kappa shape index (κ3) is 5.61. The predicted octanol–water partition coefficient (Wildman–Crippen LogP) is 3.38. The first kappa shape index (κ1) is 23.3. The second kappa shape index (κ2) is 10.4. The van der Waals surface area contributed by atoms with Crippen molar-refractivity contribution in [2.45, 2.75) is 25.4 Å². The monoisotopic (exact) mass is 471 g/mol. The average molecular weight is 472 g/mol. The molecule has 35 heavy (non-hydrogen) atoms. The fourth-order valence-corrected chi connectivity index (χ4v) is 5.11. The Hall–Kier alpha value is -3.49. The Balaban J connectivity index is 1.44. The van der Waals surface area contributed by atoms with Crippen LogP contribution >= 0.6 is 0 Å². The molecule has 1 unspecified atom stereocenters. The van der Waals surface area contributed by atoms with Crippen LogP contribution in [0.2, 0.25) is 0 Å². The summed E-state index contributed by atoms with van der Waals surface area (Å²) in [5, 5.41) is 6.64. The van der Waals surface area contributed by atoms with Gasteiger partial charge in [-0.15, -0.1) is 0 Å². The molecule has 182 valence electrons. The van der Waals surface area contributed by atoms with Gasteiger partial charge in [-0.2, -0.15) is 0 Å². The van der Waals surface area contributed by atoms with Gasteiger partial charge in [0, 0.05) is 56.7 Å². The lowest BCUT2D eigenvalue weighted by atomic mass is 10.1. The molecule has 4 aliphatic heterocycles. The highest BCUT2D eigenvalue weighted by molar-refractivity contribution is 5.82. The zero-order valence-corrected chi connectivity index (χ0v) is 20.1. The molecule has 0 aliphatic carbocycles. The van der Waals surface area contributed by atoms with E-state index in [2.05, 4.69) is 60.6 Å². The number of nitrogens with one attached hydrogen (secondary N) is 2. The number of piperazine rings is 1. The number of carbonyl (C=O) groups excluding carboxylic acids is 1. The van der Waals surface area contributed by atoms with Gasteiger partial charge >= 0.3 is 0 Å². The Morgan fingerprint density at radius 1 is 1.00 bits per heavy atom. The third-order valence-corrected chi connectivity index (χ3v) is 6.90. The number of hydrogen-bond acceptors (Lipinski definition) is 7. The van der Waals surface area contributed by atoms with Crippen LogP contribution in [0.15, 0.2) is 73.2 Å². The summed E-state index contributed by atoms with van der Waals surface area (Å²) in [6, 6.07) is 10.1. The second-order valence-corrected chi connectivity index (χ2v) is 9.42. The maximum atomic E-state index is 13.4. The Bertz CT molecular complexity index is 1140. The molecule has 0 saturated carbocycles. The van der Waals surface area contributed by atoms with Crippen LogP contribution in [-0.4, -0.2) is 75.9 Å². The van der Waals surface area contributed by atoms with Crippen molar-refractivity contribution in [2.75, 3.05) is 49.9 Å². The number of anilines is 3. The summed E-state index contributed by atoms with van der Waals surface area (Å²) in [6.07, 6.45) is 7.39. The van der Waals surface area contributed by atoms with Gasteiger partial charge in [0.1, 0.15) is 18.0 Å². The average Bonchev–Trinajstić information content (AvgIpc) is 3.31. The van der Waals surface area contributed by atoms with Crippen molar-refractivity contribution in [3.8, 4) is 0 Å². The molecular formula is C27H33N7O. The molecule has 2 N–H and O–H groups in total. The second-order valence-electron chi connectivity index (χ2n) is 9.42. The molecule has 2 saturated heterocycles. The summed E-state index contributed by atoms with van der Waals surface area (Å²) in [6.45, 7) is 13.8. The highest BCUT2D eigenvalue weighted by Crippen LogP contribution is 2.25. The number of amides is 1. The van der Waals surface area contributed by atoms with E-state index < -0.39 is 0 Å². The van der Waals surface area contributed by atoms with Crippen LogP contribution in [0.3, 0.4) is 0 Å². The Morgan fingerprint density at radius 3 is 2.60 bits per heavy atom. The van der Waals surface area contributed by atoms with E-state index in [0.717, 1.165) is 75.6 Å². The van der Waals surface area contributed by atoms with Gasteiger partial charge < -0.3 is 15.5 Å². The fourth-order valence-electron chi connectivity index (χ4n) is 5.11. The van der Waals surface area contributed by atoms with Crippen LogP contribution in [0.4, 0.5) is 17.3 Å². The highest BCUT2D eigenvalue weighted by atomic mass is 16.2. The lowest BCUT2D eigenvalue weighted by Gasteiger charge is -2.37. The standard InChI is InChI=1S/C27H33N7O/c1-3-21-14-20(2)30-25-16-26(29-19-28-25)31-23-7-4-6-22(15-23)18-34-9-5-8-24(34)27(35)33-12-10-32(17-21)11-13-33/h3-4,6-7,14-16,19,24H,1-2,5,8-13,17-18H2,(H2,28,29,30,31)/b21-14+. The number of carbonyl (C=O) groups is 1. The molecule has 8 nitrogen and oxygen atoms in total. The smallest absolute Gasteiger partial charge is 0.240 e. The van der Waals surface area contributed by atoms with Crippen LogP contribution in [-0.2, 0) is 11.3 Å². The largest absolute Gasteiger partial charge is 0.341 e. The van der Waals surface area contributed by atoms with E-state index in [4.69, 9.17) is 0 Å². The molecule has 1 amide bonds. The van der Waals surface area contributed by atoms with Gasteiger partial charge in [-0.05, 0) is 48.7 Å². The normalized spacial score (nSPS) is 25.1. The number of allylic oxidation sites excluding steroid dienone is 1. The summed E-state index contributed by atoms with van der Waals surface area (Å²) in [5.41, 5.74) is 3.93. The van der Waals surface area contributed by atoms with E-state index in [0.29, 0.717) is 11.6 Å². The van der Waals surface area contributed by atoms with Crippen molar-refractivity contribution in [2.24, 2.45) is 0 Å². The van der Waals surface area contributed by atoms with Crippen molar-refractivity contribution < 1.29 is 4.79 Å². The summed E-state index contributed by atoms with van der Waals surface area (Å²) in [4.78, 5) is 28.9. The quantitative estimate of drug-likeness (QED) is 0.660. The number of hydrogen-bond donors (Lipinski definition) is 2. The lowest BCUT2D eigenvalue weighted by Crippen LogP contribution is -2.53. The first-order valence-corrected chi connectivity index (χ1v) is 12.3. The maximum Gasteiger partial charge on any atom is 0.240 e. The topological polar surface area (TPSA) is 76.6 Å². The predicted molar refractivity (Wildman–Crippen MR) is 139 cm³/mol. The number of fused-ring (bicyclic) bond motifs is 5. The molecule has 0 radical (unpaired) electrons. The van der Waals surface area contributed by atoms with E-state index in [1.807, 2.05) is 30.4 Å². The van der Waals surface area contributed by atoms with E-state index in [-0.39, 0.29) is 11.9 Å². The SMILES string of the molecule is C=C/C1=C\C(=C)Nc2cc(ncn2)Nc2cccc(c2)CN2CCCC2C(=O)N2CCN(CC2)C1. The summed E-state index contributed by atoms with van der Waals surface area (Å²) in [5.74, 6) is 1.64. The molecule has 6 bridgehead atoms. The van der Waals surface area contributed by atoms with Crippen LogP contribution in [0.25, 0.3) is 0 Å². The van der Waals surface area contributed by atoms with Crippen molar-refractivity contribution >= 4 is 23.2 Å². The van der Waals surface area contributed by atoms with E-state index in [9.17, 15) is 4.79 Å². The maximum absolute atomic E-state index is 13.4. The Labute approximate surface area is 207 Å². The van der Waals surface area contributed by atoms with Gasteiger partial charge in [-0.1, -0.05) is 31.4 Å². The fraction of sp³-hybridized carbons (Fsp3) is 0.370. The first-order valence-electron chi connectivity index (χ1n) is 12.3. The molecule has 1 aromatic heterocycles. The Morgan fingerprint density at radius 2 is 1.80 bits per heavy atom. The molecule has 1 aromatic carbocycles. The van der Waals surface area contributed by atoms with Gasteiger partial charge in [0.05, 0.1) is 6.04 Å². The van der Waals surface area contributed by atoms with E-state index in [1.54, 1.807) is 0 Å². The third-order valence-electron chi connectivity index (χ3n) is 6.90. The molecular weight excluding hydrogens is 438 g/mol. The van der Waals surface area contributed by atoms with Crippen molar-refractivity contribution in [3.63, 3.8) is 0 Å². The number of nitrogens with zero attached hydrogens (tertiary/aromatic N) is 5.